The van der Waals surface area contributed by atoms with Crippen molar-refractivity contribution in [3.63, 3.8) is 0 Å². The minimum Gasteiger partial charge on any atom is -0.508 e. The van der Waals surface area contributed by atoms with Gasteiger partial charge >= 0.3 is 0 Å². The molecule has 2 nitrogen and oxygen atoms in total. The third-order valence-electron chi connectivity index (χ3n) is 2.85. The molecule has 0 saturated heterocycles. The Morgan fingerprint density at radius 1 is 1.06 bits per heavy atom. The van der Waals surface area contributed by atoms with Gasteiger partial charge in [-0.25, -0.2) is 0 Å². The number of phenolic OH excluding ortho intramolecular Hbond substituents is 1. The van der Waals surface area contributed by atoms with Gasteiger partial charge in [0.05, 0.1) is 0 Å². The minimum absolute atomic E-state index is 0.0718. The van der Waals surface area contributed by atoms with Crippen LogP contribution >= 0.6 is 12.6 Å². The number of aromatic hydroxyl groups is 1. The van der Waals surface area contributed by atoms with E-state index >= 15 is 0 Å². The summed E-state index contributed by atoms with van der Waals surface area (Å²) in [6, 6.07) is 10.3. The van der Waals surface area contributed by atoms with Gasteiger partial charge < -0.3 is 5.11 Å². The highest BCUT2D eigenvalue weighted by atomic mass is 32.1. The van der Waals surface area contributed by atoms with Gasteiger partial charge in [-0.05, 0) is 55.3 Å². The van der Waals surface area contributed by atoms with E-state index in [9.17, 15) is 9.90 Å². The Hall–Kier alpha value is -1.74. The van der Waals surface area contributed by atoms with Crippen LogP contribution in [0.1, 0.15) is 27.0 Å². The summed E-state index contributed by atoms with van der Waals surface area (Å²) in [5.41, 5.74) is 3.00. The van der Waals surface area contributed by atoms with E-state index in [1.54, 1.807) is 25.1 Å². The zero-order valence-electron chi connectivity index (χ0n) is 10.3. The van der Waals surface area contributed by atoms with Crippen LogP contribution in [0.5, 0.6) is 5.75 Å². The van der Waals surface area contributed by atoms with Crippen molar-refractivity contribution in [2.75, 3.05) is 0 Å². The summed E-state index contributed by atoms with van der Waals surface area (Å²) in [5, 5.41) is 9.35. The van der Waals surface area contributed by atoms with Gasteiger partial charge in [0.2, 0.25) is 0 Å². The fourth-order valence-corrected chi connectivity index (χ4v) is 2.26. The molecule has 18 heavy (non-hydrogen) atoms. The molecule has 0 aromatic heterocycles. The second kappa shape index (κ2) is 4.86. The molecule has 0 fully saturated rings. The average Bonchev–Trinajstić information content (AvgIpc) is 2.28. The molecule has 0 spiro atoms. The third kappa shape index (κ3) is 2.41. The maximum absolute atomic E-state index is 12.4. The Morgan fingerprint density at radius 3 is 2.33 bits per heavy atom. The van der Waals surface area contributed by atoms with Gasteiger partial charge in [0.15, 0.2) is 5.78 Å². The maximum Gasteiger partial charge on any atom is 0.194 e. The first-order chi connectivity index (χ1) is 8.49. The van der Waals surface area contributed by atoms with Crippen LogP contribution in [0.3, 0.4) is 0 Å². The quantitative estimate of drug-likeness (QED) is 0.638. The van der Waals surface area contributed by atoms with E-state index in [1.165, 1.54) is 6.07 Å². The van der Waals surface area contributed by atoms with Crippen molar-refractivity contribution in [3.05, 3.63) is 58.7 Å². The van der Waals surface area contributed by atoms with Crippen LogP contribution in [0, 0.1) is 13.8 Å². The molecule has 0 atom stereocenters. The molecule has 0 radical (unpaired) electrons. The summed E-state index contributed by atoms with van der Waals surface area (Å²) in [5.74, 6) is 0.0940. The highest BCUT2D eigenvalue weighted by Crippen LogP contribution is 2.23. The van der Waals surface area contributed by atoms with Crippen LogP contribution < -0.4 is 0 Å². The number of hydrogen-bond donors (Lipinski definition) is 2. The van der Waals surface area contributed by atoms with Crippen molar-refractivity contribution in [1.82, 2.24) is 0 Å². The largest absolute Gasteiger partial charge is 0.508 e. The van der Waals surface area contributed by atoms with E-state index in [-0.39, 0.29) is 11.5 Å². The van der Waals surface area contributed by atoms with E-state index in [1.807, 2.05) is 19.1 Å². The van der Waals surface area contributed by atoms with Gasteiger partial charge in [0, 0.05) is 16.0 Å². The molecule has 3 heteroatoms. The van der Waals surface area contributed by atoms with Crippen molar-refractivity contribution >= 4 is 18.4 Å². The number of rotatable bonds is 2. The highest BCUT2D eigenvalue weighted by Gasteiger charge is 2.14. The molecule has 2 aromatic rings. The van der Waals surface area contributed by atoms with Crippen LogP contribution in [0.2, 0.25) is 0 Å². The molecule has 0 bridgehead atoms. The van der Waals surface area contributed by atoms with Gasteiger partial charge in [-0.2, -0.15) is 0 Å². The Morgan fingerprint density at radius 2 is 1.72 bits per heavy atom. The predicted octanol–water partition coefficient (Wildman–Crippen LogP) is 3.53. The number of aryl methyl sites for hydroxylation is 2. The normalized spacial score (nSPS) is 10.4. The molecular weight excluding hydrogens is 244 g/mol. The first-order valence-corrected chi connectivity index (χ1v) is 6.07. The highest BCUT2D eigenvalue weighted by molar-refractivity contribution is 7.80. The van der Waals surface area contributed by atoms with Crippen molar-refractivity contribution in [2.45, 2.75) is 18.7 Å². The predicted molar refractivity (Wildman–Crippen MR) is 74.7 cm³/mol. The summed E-state index contributed by atoms with van der Waals surface area (Å²) in [6.07, 6.45) is 0. The summed E-state index contributed by atoms with van der Waals surface area (Å²) in [6.45, 7) is 3.76. The molecule has 0 saturated carbocycles. The molecular formula is C15H14O2S. The van der Waals surface area contributed by atoms with Crippen molar-refractivity contribution in [3.8, 4) is 5.75 Å². The number of hydrogen-bond acceptors (Lipinski definition) is 3. The van der Waals surface area contributed by atoms with E-state index < -0.39 is 0 Å². The van der Waals surface area contributed by atoms with Gasteiger partial charge in [-0.15, -0.1) is 12.6 Å². The van der Waals surface area contributed by atoms with Crippen molar-refractivity contribution < 1.29 is 9.90 Å². The Bertz CT molecular complexity index is 564. The number of benzene rings is 2. The molecule has 2 rings (SSSR count). The monoisotopic (exact) mass is 258 g/mol. The lowest BCUT2D eigenvalue weighted by molar-refractivity contribution is 0.103. The lowest BCUT2D eigenvalue weighted by Crippen LogP contribution is -2.04. The zero-order valence-corrected chi connectivity index (χ0v) is 11.2. The molecule has 0 amide bonds. The average molecular weight is 258 g/mol. The van der Waals surface area contributed by atoms with Crippen LogP contribution in [0.4, 0.5) is 0 Å². The second-order valence-electron chi connectivity index (χ2n) is 4.35. The van der Waals surface area contributed by atoms with Crippen LogP contribution in [0.25, 0.3) is 0 Å². The Labute approximate surface area is 112 Å². The summed E-state index contributed by atoms with van der Waals surface area (Å²) in [4.78, 5) is 13.1. The van der Waals surface area contributed by atoms with Gasteiger partial charge in [0.1, 0.15) is 5.75 Å². The Kier molecular flexibility index (Phi) is 3.43. The summed E-state index contributed by atoms with van der Waals surface area (Å²) < 4.78 is 0. The molecule has 1 N–H and O–H groups in total. The van der Waals surface area contributed by atoms with Crippen LogP contribution in [-0.2, 0) is 0 Å². The molecule has 92 valence electrons. The van der Waals surface area contributed by atoms with Gasteiger partial charge in [0.25, 0.3) is 0 Å². The third-order valence-corrected chi connectivity index (χ3v) is 3.22. The van der Waals surface area contributed by atoms with E-state index in [0.717, 1.165) is 11.1 Å². The molecule has 0 heterocycles. The molecule has 0 aliphatic heterocycles. The molecule has 2 aromatic carbocycles. The second-order valence-corrected chi connectivity index (χ2v) is 4.83. The van der Waals surface area contributed by atoms with E-state index in [0.29, 0.717) is 16.0 Å². The fourth-order valence-electron chi connectivity index (χ4n) is 1.88. The zero-order chi connectivity index (χ0) is 13.3. The standard InChI is InChI=1S/C15H14O2S/c1-9-3-5-13(14(18)7-9)15(17)12-6-4-11(16)8-10(12)2/h3-8,16,18H,1-2H3. The number of ketones is 1. The topological polar surface area (TPSA) is 37.3 Å². The SMILES string of the molecule is Cc1ccc(C(=O)c2ccc(O)cc2C)c(S)c1. The van der Waals surface area contributed by atoms with Gasteiger partial charge in [-0.1, -0.05) is 6.07 Å². The number of carbonyl (C=O) groups is 1. The Balaban J connectivity index is 2.48. The number of carbonyl (C=O) groups excluding carboxylic acids is 1. The number of phenols is 1. The van der Waals surface area contributed by atoms with E-state index in [4.69, 9.17) is 0 Å². The first kappa shape index (κ1) is 12.7. The van der Waals surface area contributed by atoms with Crippen LogP contribution in [0.15, 0.2) is 41.3 Å². The lowest BCUT2D eigenvalue weighted by atomic mass is 9.98. The van der Waals surface area contributed by atoms with Crippen LogP contribution in [-0.4, -0.2) is 10.9 Å². The van der Waals surface area contributed by atoms with Crippen molar-refractivity contribution in [1.29, 1.82) is 0 Å². The molecule has 0 unspecified atom stereocenters. The summed E-state index contributed by atoms with van der Waals surface area (Å²) in [7, 11) is 0. The number of thiol groups is 1. The van der Waals surface area contributed by atoms with E-state index in [2.05, 4.69) is 12.6 Å². The summed E-state index contributed by atoms with van der Waals surface area (Å²) >= 11 is 4.34. The van der Waals surface area contributed by atoms with Crippen molar-refractivity contribution in [2.24, 2.45) is 0 Å². The smallest absolute Gasteiger partial charge is 0.194 e. The van der Waals surface area contributed by atoms with Gasteiger partial charge in [-0.3, -0.25) is 4.79 Å². The minimum atomic E-state index is -0.0718. The first-order valence-electron chi connectivity index (χ1n) is 5.63. The molecule has 0 aliphatic carbocycles. The maximum atomic E-state index is 12.4. The fraction of sp³-hybridized carbons (Fsp3) is 0.133. The molecule has 0 aliphatic rings. The lowest BCUT2D eigenvalue weighted by Gasteiger charge is -2.08.